The molecule has 0 bridgehead atoms. The van der Waals surface area contributed by atoms with E-state index in [0.717, 1.165) is 17.7 Å². The molecule has 0 radical (unpaired) electrons. The van der Waals surface area contributed by atoms with Gasteiger partial charge in [0.05, 0.1) is 0 Å². The van der Waals surface area contributed by atoms with Crippen molar-refractivity contribution in [3.63, 3.8) is 0 Å². The van der Waals surface area contributed by atoms with Crippen molar-refractivity contribution in [2.75, 3.05) is 11.9 Å². The number of fused-ring (bicyclic) bond motifs is 1. The molecule has 0 fully saturated rings. The summed E-state index contributed by atoms with van der Waals surface area (Å²) in [7, 11) is 0. The van der Waals surface area contributed by atoms with E-state index in [1.807, 2.05) is 6.07 Å². The number of nitrogens with one attached hydrogen (secondary N) is 2. The predicted molar refractivity (Wildman–Crippen MR) is 85.0 cm³/mol. The second kappa shape index (κ2) is 7.59. The molecule has 2 rings (SSSR count). The number of anilines is 1. The maximum absolute atomic E-state index is 11.6. The summed E-state index contributed by atoms with van der Waals surface area (Å²) in [6, 6.07) is 5.38. The van der Waals surface area contributed by atoms with Gasteiger partial charge in [0.15, 0.2) is 6.61 Å². The van der Waals surface area contributed by atoms with Crippen LogP contribution < -0.4 is 15.5 Å². The average molecular weight is 303 g/mol. The number of hydrogen-bond donors (Lipinski definition) is 2. The fourth-order valence-corrected chi connectivity index (χ4v) is 2.01. The Morgan fingerprint density at radius 1 is 1.45 bits per heavy atom. The first-order valence-corrected chi connectivity index (χ1v) is 7.40. The minimum atomic E-state index is -0.300. The topological polar surface area (TPSA) is 79.8 Å². The third-order valence-corrected chi connectivity index (χ3v) is 3.20. The van der Waals surface area contributed by atoms with Crippen LogP contribution in [-0.2, 0) is 16.0 Å². The highest BCUT2D eigenvalue weighted by Gasteiger charge is 2.15. The first-order chi connectivity index (χ1) is 10.5. The molecule has 0 aromatic heterocycles. The number of ether oxygens (including phenoxy) is 1. The van der Waals surface area contributed by atoms with Crippen LogP contribution in [0.25, 0.3) is 0 Å². The highest BCUT2D eigenvalue weighted by Crippen LogP contribution is 2.26. The Balaban J connectivity index is 1.81. The van der Waals surface area contributed by atoms with E-state index in [0.29, 0.717) is 24.5 Å². The molecule has 118 valence electrons. The van der Waals surface area contributed by atoms with Gasteiger partial charge in [-0.2, -0.15) is 5.10 Å². The Bertz CT molecular complexity index is 582. The Hall–Kier alpha value is -2.37. The summed E-state index contributed by atoms with van der Waals surface area (Å²) in [6.07, 6.45) is 3.66. The zero-order chi connectivity index (χ0) is 15.9. The van der Waals surface area contributed by atoms with Gasteiger partial charge in [0.1, 0.15) is 5.75 Å². The van der Waals surface area contributed by atoms with Crippen LogP contribution in [0.2, 0.25) is 0 Å². The maximum Gasteiger partial charge on any atom is 0.277 e. The molecule has 1 heterocycles. The van der Waals surface area contributed by atoms with Gasteiger partial charge < -0.3 is 10.1 Å². The normalized spacial score (nSPS) is 13.9. The molecule has 0 unspecified atom stereocenters. The minimum Gasteiger partial charge on any atom is -0.484 e. The molecule has 0 spiro atoms. The lowest BCUT2D eigenvalue weighted by molar-refractivity contribution is -0.123. The van der Waals surface area contributed by atoms with Crippen LogP contribution in [0.5, 0.6) is 5.75 Å². The lowest BCUT2D eigenvalue weighted by Gasteiger charge is -2.17. The average Bonchev–Trinajstić information content (AvgIpc) is 2.49. The lowest BCUT2D eigenvalue weighted by atomic mass is 10.0. The molecule has 22 heavy (non-hydrogen) atoms. The second-order valence-corrected chi connectivity index (χ2v) is 5.63. The summed E-state index contributed by atoms with van der Waals surface area (Å²) in [5.41, 5.74) is 4.26. The quantitative estimate of drug-likeness (QED) is 0.624. The van der Waals surface area contributed by atoms with Gasteiger partial charge >= 0.3 is 0 Å². The number of amides is 2. The summed E-state index contributed by atoms with van der Waals surface area (Å²) in [5, 5.41) is 6.65. The first-order valence-electron chi connectivity index (χ1n) is 7.40. The van der Waals surface area contributed by atoms with Gasteiger partial charge in [-0.05, 0) is 42.5 Å². The molecule has 2 amide bonds. The van der Waals surface area contributed by atoms with Gasteiger partial charge in [-0.25, -0.2) is 5.43 Å². The van der Waals surface area contributed by atoms with Crippen molar-refractivity contribution in [2.24, 2.45) is 11.0 Å². The van der Waals surface area contributed by atoms with Crippen molar-refractivity contribution in [3.05, 3.63) is 23.8 Å². The highest BCUT2D eigenvalue weighted by molar-refractivity contribution is 5.94. The molecular weight excluding hydrogens is 282 g/mol. The van der Waals surface area contributed by atoms with Gasteiger partial charge in [0.2, 0.25) is 5.91 Å². The molecule has 0 atom stereocenters. The van der Waals surface area contributed by atoms with E-state index in [9.17, 15) is 9.59 Å². The van der Waals surface area contributed by atoms with Crippen molar-refractivity contribution in [2.45, 2.75) is 33.1 Å². The Morgan fingerprint density at radius 2 is 2.27 bits per heavy atom. The Morgan fingerprint density at radius 3 is 3.05 bits per heavy atom. The Labute approximate surface area is 129 Å². The molecule has 1 aromatic rings. The van der Waals surface area contributed by atoms with Crippen molar-refractivity contribution in [3.8, 4) is 5.75 Å². The molecular formula is C16H21N3O3. The largest absolute Gasteiger partial charge is 0.484 e. The number of hydrogen-bond acceptors (Lipinski definition) is 4. The molecule has 6 heteroatoms. The molecule has 1 aliphatic heterocycles. The minimum absolute atomic E-state index is 0.0276. The molecule has 1 aromatic carbocycles. The van der Waals surface area contributed by atoms with E-state index in [2.05, 4.69) is 29.7 Å². The standard InChI is InChI=1S/C16H21N3O3/c1-11(2)7-8-17-19-16(21)10-22-13-4-5-14-12(9-13)3-6-15(20)18-14/h4-5,8-9,11H,3,6-7,10H2,1-2H3,(H,18,20)(H,19,21)/b17-8+. The van der Waals surface area contributed by atoms with E-state index >= 15 is 0 Å². The number of hydrazone groups is 1. The molecule has 0 saturated carbocycles. The van der Waals surface area contributed by atoms with Crippen molar-refractivity contribution >= 4 is 23.7 Å². The fraction of sp³-hybridized carbons (Fsp3) is 0.438. The van der Waals surface area contributed by atoms with Gasteiger partial charge in [-0.15, -0.1) is 0 Å². The first kappa shape index (κ1) is 16.0. The predicted octanol–water partition coefficient (Wildman–Crippen LogP) is 2.10. The summed E-state index contributed by atoms with van der Waals surface area (Å²) in [5.74, 6) is 0.843. The monoisotopic (exact) mass is 303 g/mol. The summed E-state index contributed by atoms with van der Waals surface area (Å²) >= 11 is 0. The third-order valence-electron chi connectivity index (χ3n) is 3.20. The highest BCUT2D eigenvalue weighted by atomic mass is 16.5. The van der Waals surface area contributed by atoms with Crippen LogP contribution in [0, 0.1) is 5.92 Å². The van der Waals surface area contributed by atoms with Crippen LogP contribution in [0.15, 0.2) is 23.3 Å². The summed E-state index contributed by atoms with van der Waals surface area (Å²) in [6.45, 7) is 4.06. The van der Waals surface area contributed by atoms with Gasteiger partial charge in [0.25, 0.3) is 5.91 Å². The second-order valence-electron chi connectivity index (χ2n) is 5.63. The van der Waals surface area contributed by atoms with Crippen molar-refractivity contribution < 1.29 is 14.3 Å². The molecule has 6 nitrogen and oxygen atoms in total. The van der Waals surface area contributed by atoms with Crippen LogP contribution in [-0.4, -0.2) is 24.6 Å². The van der Waals surface area contributed by atoms with Crippen LogP contribution in [0.4, 0.5) is 5.69 Å². The Kier molecular flexibility index (Phi) is 5.52. The fourth-order valence-electron chi connectivity index (χ4n) is 2.01. The number of benzene rings is 1. The lowest BCUT2D eigenvalue weighted by Crippen LogP contribution is -2.24. The SMILES string of the molecule is CC(C)C/C=N/NC(=O)COc1ccc2c(c1)CCC(=O)N2. The van der Waals surface area contributed by atoms with E-state index in [1.54, 1.807) is 18.3 Å². The number of aryl methyl sites for hydroxylation is 1. The van der Waals surface area contributed by atoms with Crippen molar-refractivity contribution in [1.29, 1.82) is 0 Å². The smallest absolute Gasteiger partial charge is 0.277 e. The van der Waals surface area contributed by atoms with Gasteiger partial charge in [-0.3, -0.25) is 9.59 Å². The zero-order valence-corrected chi connectivity index (χ0v) is 12.9. The van der Waals surface area contributed by atoms with Gasteiger partial charge in [0, 0.05) is 18.3 Å². The molecule has 2 N–H and O–H groups in total. The number of rotatable bonds is 6. The number of nitrogens with zero attached hydrogens (tertiary/aromatic N) is 1. The van der Waals surface area contributed by atoms with E-state index in [-0.39, 0.29) is 18.4 Å². The summed E-state index contributed by atoms with van der Waals surface area (Å²) < 4.78 is 5.44. The maximum atomic E-state index is 11.6. The van der Waals surface area contributed by atoms with Gasteiger partial charge in [-0.1, -0.05) is 13.8 Å². The van der Waals surface area contributed by atoms with Crippen LogP contribution in [0.1, 0.15) is 32.3 Å². The third kappa shape index (κ3) is 4.87. The molecule has 1 aliphatic rings. The summed E-state index contributed by atoms with van der Waals surface area (Å²) in [4.78, 5) is 22.9. The van der Waals surface area contributed by atoms with E-state index in [4.69, 9.17) is 4.74 Å². The van der Waals surface area contributed by atoms with E-state index < -0.39 is 0 Å². The number of carbonyl (C=O) groups is 2. The number of carbonyl (C=O) groups excluding carboxylic acids is 2. The van der Waals surface area contributed by atoms with E-state index in [1.165, 1.54) is 0 Å². The van der Waals surface area contributed by atoms with Crippen molar-refractivity contribution in [1.82, 2.24) is 5.43 Å². The molecule has 0 saturated heterocycles. The molecule has 0 aliphatic carbocycles. The van der Waals surface area contributed by atoms with Crippen LogP contribution >= 0.6 is 0 Å². The van der Waals surface area contributed by atoms with Crippen LogP contribution in [0.3, 0.4) is 0 Å². The zero-order valence-electron chi connectivity index (χ0n) is 12.9.